The monoisotopic (exact) mass is 440 g/mol. The van der Waals surface area contributed by atoms with Crippen LogP contribution in [0.15, 0.2) is 54.1 Å². The van der Waals surface area contributed by atoms with Crippen LogP contribution in [0.4, 0.5) is 0 Å². The largest absolute Gasteiger partial charge is 0.352 e. The van der Waals surface area contributed by atoms with Crippen molar-refractivity contribution in [1.29, 1.82) is 0 Å². The van der Waals surface area contributed by atoms with Crippen molar-refractivity contribution >= 4 is 15.9 Å². The van der Waals surface area contributed by atoms with Crippen LogP contribution in [-0.4, -0.2) is 40.6 Å². The van der Waals surface area contributed by atoms with Crippen LogP contribution in [-0.2, 0) is 34.2 Å². The second-order valence-corrected chi connectivity index (χ2v) is 9.19. The molecule has 31 heavy (non-hydrogen) atoms. The highest BCUT2D eigenvalue weighted by atomic mass is 32.2. The summed E-state index contributed by atoms with van der Waals surface area (Å²) in [6.45, 7) is 0.343. The van der Waals surface area contributed by atoms with Crippen LogP contribution in [0.1, 0.15) is 36.0 Å². The number of benzene rings is 1. The van der Waals surface area contributed by atoms with E-state index >= 15 is 0 Å². The van der Waals surface area contributed by atoms with Gasteiger partial charge in [0.05, 0.1) is 4.90 Å². The predicted octanol–water partition coefficient (Wildman–Crippen LogP) is 1.53. The van der Waals surface area contributed by atoms with Gasteiger partial charge in [-0.15, -0.1) is 0 Å². The standard InChI is InChI=1S/C21H24N6O3S/c28-21(24-13-16-5-8-20(23-12-16)27-15-22-14-25-27)9-10-26-31(29,30)19-7-6-17-3-1-2-4-18(17)11-19/h5-8,11-12,14-15,26H,1-4,9-10,13H2,(H,24,28). The van der Waals surface area contributed by atoms with E-state index in [0.29, 0.717) is 12.4 Å². The minimum atomic E-state index is -3.64. The number of fused-ring (bicyclic) bond motifs is 1. The van der Waals surface area contributed by atoms with Crippen LogP contribution >= 0.6 is 0 Å². The summed E-state index contributed by atoms with van der Waals surface area (Å²) in [6, 6.07) is 8.92. The molecule has 1 aromatic carbocycles. The Hall–Kier alpha value is -3.11. The fraction of sp³-hybridized carbons (Fsp3) is 0.333. The number of nitrogens with zero attached hydrogens (tertiary/aromatic N) is 4. The summed E-state index contributed by atoms with van der Waals surface area (Å²) in [5.74, 6) is 0.387. The minimum Gasteiger partial charge on any atom is -0.352 e. The first-order chi connectivity index (χ1) is 15.0. The molecule has 0 atom stereocenters. The third kappa shape index (κ3) is 5.33. The summed E-state index contributed by atoms with van der Waals surface area (Å²) in [4.78, 5) is 20.5. The molecule has 0 aliphatic heterocycles. The van der Waals surface area contributed by atoms with Gasteiger partial charge in [-0.25, -0.2) is 27.8 Å². The molecule has 3 aromatic rings. The zero-order chi connectivity index (χ0) is 21.7. The Kier molecular flexibility index (Phi) is 6.38. The van der Waals surface area contributed by atoms with Gasteiger partial charge in [0, 0.05) is 25.7 Å². The van der Waals surface area contributed by atoms with Gasteiger partial charge >= 0.3 is 0 Å². The van der Waals surface area contributed by atoms with E-state index in [1.165, 1.54) is 16.6 Å². The summed E-state index contributed by atoms with van der Waals surface area (Å²) in [6.07, 6.45) is 8.82. The fourth-order valence-electron chi connectivity index (χ4n) is 3.53. The van der Waals surface area contributed by atoms with Gasteiger partial charge in [-0.3, -0.25) is 4.79 Å². The van der Waals surface area contributed by atoms with E-state index < -0.39 is 10.0 Å². The Balaban J connectivity index is 1.24. The number of carbonyl (C=O) groups excluding carboxylic acids is 1. The van der Waals surface area contributed by atoms with E-state index in [9.17, 15) is 13.2 Å². The SMILES string of the molecule is O=C(CCNS(=O)(=O)c1ccc2c(c1)CCCC2)NCc1ccc(-n2cncn2)nc1. The van der Waals surface area contributed by atoms with Crippen molar-refractivity contribution < 1.29 is 13.2 Å². The summed E-state index contributed by atoms with van der Waals surface area (Å²) in [5.41, 5.74) is 3.16. The fourth-order valence-corrected chi connectivity index (χ4v) is 4.61. The Labute approximate surface area is 181 Å². The molecule has 1 aliphatic carbocycles. The van der Waals surface area contributed by atoms with E-state index in [1.807, 2.05) is 12.1 Å². The number of hydrogen-bond donors (Lipinski definition) is 2. The number of carbonyl (C=O) groups is 1. The maximum atomic E-state index is 12.5. The number of hydrogen-bond acceptors (Lipinski definition) is 6. The lowest BCUT2D eigenvalue weighted by Gasteiger charge is -2.16. The number of pyridine rings is 1. The first kappa shape index (κ1) is 21.1. The number of amides is 1. The molecule has 0 saturated carbocycles. The molecular weight excluding hydrogens is 416 g/mol. The quantitative estimate of drug-likeness (QED) is 0.548. The van der Waals surface area contributed by atoms with Crippen molar-refractivity contribution in [3.05, 3.63) is 65.9 Å². The van der Waals surface area contributed by atoms with E-state index in [2.05, 4.69) is 25.1 Å². The Morgan fingerprint density at radius 2 is 1.94 bits per heavy atom. The van der Waals surface area contributed by atoms with Gasteiger partial charge in [0.1, 0.15) is 12.7 Å². The lowest BCUT2D eigenvalue weighted by Crippen LogP contribution is -2.30. The molecule has 2 heterocycles. The lowest BCUT2D eigenvalue weighted by molar-refractivity contribution is -0.121. The van der Waals surface area contributed by atoms with Crippen molar-refractivity contribution in [3.63, 3.8) is 0 Å². The molecule has 0 bridgehead atoms. The van der Waals surface area contributed by atoms with Gasteiger partial charge in [-0.05, 0) is 60.6 Å². The van der Waals surface area contributed by atoms with Gasteiger partial charge in [0.25, 0.3) is 0 Å². The number of rotatable bonds is 8. The summed E-state index contributed by atoms with van der Waals surface area (Å²) in [7, 11) is -3.64. The van der Waals surface area contributed by atoms with E-state index in [4.69, 9.17) is 0 Å². The third-order valence-corrected chi connectivity index (χ3v) is 6.69. The van der Waals surface area contributed by atoms with Gasteiger partial charge in [-0.1, -0.05) is 12.1 Å². The molecule has 2 N–H and O–H groups in total. The number of aromatic nitrogens is 4. The summed E-state index contributed by atoms with van der Waals surface area (Å²) >= 11 is 0. The van der Waals surface area contributed by atoms with Crippen LogP contribution in [0.5, 0.6) is 0 Å². The molecule has 2 aromatic heterocycles. The topological polar surface area (TPSA) is 119 Å². The molecule has 4 rings (SSSR count). The number of sulfonamides is 1. The summed E-state index contributed by atoms with van der Waals surface area (Å²) in [5, 5.41) is 6.78. The molecular formula is C21H24N6O3S. The van der Waals surface area contributed by atoms with Gasteiger partial charge in [0.15, 0.2) is 5.82 Å². The summed E-state index contributed by atoms with van der Waals surface area (Å²) < 4.78 is 29.1. The average molecular weight is 441 g/mol. The Morgan fingerprint density at radius 3 is 2.68 bits per heavy atom. The van der Waals surface area contributed by atoms with Crippen LogP contribution < -0.4 is 10.0 Å². The van der Waals surface area contributed by atoms with Crippen LogP contribution in [0.3, 0.4) is 0 Å². The zero-order valence-corrected chi connectivity index (χ0v) is 17.8. The molecule has 0 radical (unpaired) electrons. The molecule has 10 heteroatoms. The second kappa shape index (κ2) is 9.36. The highest BCUT2D eigenvalue weighted by Gasteiger charge is 2.17. The molecule has 0 saturated heterocycles. The maximum absolute atomic E-state index is 12.5. The first-order valence-electron chi connectivity index (χ1n) is 10.2. The van der Waals surface area contributed by atoms with E-state index in [1.54, 1.807) is 30.7 Å². The van der Waals surface area contributed by atoms with Crippen LogP contribution in [0, 0.1) is 0 Å². The highest BCUT2D eigenvalue weighted by molar-refractivity contribution is 7.89. The van der Waals surface area contributed by atoms with E-state index in [0.717, 1.165) is 36.8 Å². The molecule has 0 unspecified atom stereocenters. The van der Waals surface area contributed by atoms with Crippen molar-refractivity contribution in [2.45, 2.75) is 43.5 Å². The van der Waals surface area contributed by atoms with Crippen molar-refractivity contribution in [3.8, 4) is 5.82 Å². The van der Waals surface area contributed by atoms with Gasteiger partial charge < -0.3 is 5.32 Å². The van der Waals surface area contributed by atoms with Crippen LogP contribution in [0.25, 0.3) is 5.82 Å². The average Bonchev–Trinajstić information content (AvgIpc) is 3.32. The van der Waals surface area contributed by atoms with Gasteiger partial charge in [0.2, 0.25) is 15.9 Å². The number of aryl methyl sites for hydroxylation is 2. The second-order valence-electron chi connectivity index (χ2n) is 7.43. The Bertz CT molecular complexity index is 1140. The number of nitrogens with one attached hydrogen (secondary N) is 2. The smallest absolute Gasteiger partial charge is 0.240 e. The zero-order valence-electron chi connectivity index (χ0n) is 17.0. The van der Waals surface area contributed by atoms with Gasteiger partial charge in [-0.2, -0.15) is 5.10 Å². The minimum absolute atomic E-state index is 0.0364. The first-order valence-corrected chi connectivity index (χ1v) is 11.7. The van der Waals surface area contributed by atoms with E-state index in [-0.39, 0.29) is 23.8 Å². The highest BCUT2D eigenvalue weighted by Crippen LogP contribution is 2.24. The predicted molar refractivity (Wildman–Crippen MR) is 114 cm³/mol. The van der Waals surface area contributed by atoms with Crippen molar-refractivity contribution in [2.24, 2.45) is 0 Å². The maximum Gasteiger partial charge on any atom is 0.240 e. The van der Waals surface area contributed by atoms with Crippen molar-refractivity contribution in [1.82, 2.24) is 29.8 Å². The molecule has 162 valence electrons. The molecule has 0 spiro atoms. The third-order valence-electron chi connectivity index (χ3n) is 5.23. The molecule has 9 nitrogen and oxygen atoms in total. The van der Waals surface area contributed by atoms with Crippen molar-refractivity contribution in [2.75, 3.05) is 6.54 Å². The molecule has 1 amide bonds. The molecule has 1 aliphatic rings. The van der Waals surface area contributed by atoms with Crippen LogP contribution in [0.2, 0.25) is 0 Å². The normalized spacial score (nSPS) is 13.5. The Morgan fingerprint density at radius 1 is 1.10 bits per heavy atom. The lowest BCUT2D eigenvalue weighted by atomic mass is 9.92. The molecule has 0 fully saturated rings.